The molecule has 12 nitrogen and oxygen atoms in total. The summed E-state index contributed by atoms with van der Waals surface area (Å²) in [4.78, 5) is 75.8. The van der Waals surface area contributed by atoms with E-state index in [4.69, 9.17) is 4.74 Å². The number of ketones is 2. The first kappa shape index (κ1) is 39.3. The van der Waals surface area contributed by atoms with Crippen LogP contribution in [0.3, 0.4) is 0 Å². The summed E-state index contributed by atoms with van der Waals surface area (Å²) in [7, 11) is 0. The number of benzene rings is 1. The summed E-state index contributed by atoms with van der Waals surface area (Å²) in [5, 5.41) is 38.3. The van der Waals surface area contributed by atoms with Crippen molar-refractivity contribution in [1.29, 1.82) is 0 Å². The molecule has 284 valence electrons. The van der Waals surface area contributed by atoms with Crippen LogP contribution in [0.2, 0.25) is 0 Å². The Morgan fingerprint density at radius 2 is 1.71 bits per heavy atom. The summed E-state index contributed by atoms with van der Waals surface area (Å²) in [6.45, 7) is 6.90. The monoisotopic (exact) mass is 722 g/mol. The Balaban J connectivity index is 1.12. The van der Waals surface area contributed by atoms with Crippen LogP contribution in [0.4, 0.5) is 0 Å². The van der Waals surface area contributed by atoms with Crippen LogP contribution in [0.25, 0.3) is 0 Å². The van der Waals surface area contributed by atoms with Crippen molar-refractivity contribution in [3.63, 3.8) is 0 Å². The van der Waals surface area contributed by atoms with E-state index >= 15 is 0 Å². The van der Waals surface area contributed by atoms with Crippen LogP contribution in [-0.2, 0) is 33.5 Å². The van der Waals surface area contributed by atoms with Gasteiger partial charge in [-0.2, -0.15) is 0 Å². The minimum Gasteiger partial charge on any atom is -0.481 e. The van der Waals surface area contributed by atoms with Gasteiger partial charge < -0.3 is 30.7 Å². The Bertz CT molecular complexity index is 1590. The number of Topliss-reactive ketones (excluding diaryl/α,β-unsaturated/α-hetero) is 1. The molecule has 3 saturated carbocycles. The van der Waals surface area contributed by atoms with Crippen LogP contribution in [0.5, 0.6) is 0 Å². The van der Waals surface area contributed by atoms with Gasteiger partial charge in [0.05, 0.1) is 18.9 Å². The number of hydrogen-bond donors (Lipinski definition) is 5. The van der Waals surface area contributed by atoms with Gasteiger partial charge in [0, 0.05) is 30.7 Å². The number of carboxylic acid groups (broad SMARTS) is 1. The SMILES string of the molecule is CC(C)C(NC(=O)CCC(=O)OCC(=O)[C@@]1(O)CCC2C3CCC4=CC(=O)CCC4(C)C3C(O)CC21C)C(=O)NCC(CC(=O)O)c1ccccc1. The van der Waals surface area contributed by atoms with E-state index in [2.05, 4.69) is 17.6 Å². The van der Waals surface area contributed by atoms with Gasteiger partial charge in [-0.25, -0.2) is 0 Å². The van der Waals surface area contributed by atoms with Gasteiger partial charge in [-0.1, -0.05) is 63.6 Å². The average Bonchev–Trinajstić information content (AvgIpc) is 3.37. The van der Waals surface area contributed by atoms with Gasteiger partial charge in [0.15, 0.2) is 12.4 Å². The summed E-state index contributed by atoms with van der Waals surface area (Å²) >= 11 is 0. The Morgan fingerprint density at radius 3 is 2.38 bits per heavy atom. The molecule has 1 aromatic rings. The van der Waals surface area contributed by atoms with E-state index in [0.29, 0.717) is 19.3 Å². The number of hydrogen-bond acceptors (Lipinski definition) is 9. The maximum Gasteiger partial charge on any atom is 0.306 e. The number of allylic oxidation sites excluding steroid dienone is 1. The Kier molecular flexibility index (Phi) is 11.8. The number of esters is 1. The van der Waals surface area contributed by atoms with Gasteiger partial charge in [-0.15, -0.1) is 0 Å². The largest absolute Gasteiger partial charge is 0.481 e. The molecule has 0 saturated heterocycles. The third-order valence-corrected chi connectivity index (χ3v) is 12.9. The number of amides is 2. The minimum absolute atomic E-state index is 0.0160. The predicted molar refractivity (Wildman–Crippen MR) is 189 cm³/mol. The number of carboxylic acids is 1. The van der Waals surface area contributed by atoms with Crippen LogP contribution >= 0.6 is 0 Å². The second-order valence-electron chi connectivity index (χ2n) is 16.3. The van der Waals surface area contributed by atoms with Crippen LogP contribution < -0.4 is 10.6 Å². The van der Waals surface area contributed by atoms with E-state index in [1.165, 1.54) is 0 Å². The molecule has 52 heavy (non-hydrogen) atoms. The first-order valence-electron chi connectivity index (χ1n) is 18.7. The number of rotatable bonds is 14. The second-order valence-corrected chi connectivity index (χ2v) is 16.3. The lowest BCUT2D eigenvalue weighted by atomic mass is 9.45. The fourth-order valence-electron chi connectivity index (χ4n) is 10.1. The van der Waals surface area contributed by atoms with Crippen molar-refractivity contribution < 1.29 is 48.8 Å². The quantitative estimate of drug-likeness (QED) is 0.177. The molecular weight excluding hydrogens is 668 g/mol. The highest BCUT2D eigenvalue weighted by Crippen LogP contribution is 2.67. The molecule has 8 unspecified atom stereocenters. The number of nitrogens with one attached hydrogen (secondary N) is 2. The average molecular weight is 723 g/mol. The molecule has 1 aromatic carbocycles. The van der Waals surface area contributed by atoms with Gasteiger partial charge in [0.2, 0.25) is 17.6 Å². The molecule has 5 N–H and O–H groups in total. The fourth-order valence-corrected chi connectivity index (χ4v) is 10.1. The van der Waals surface area contributed by atoms with Crippen molar-refractivity contribution in [2.75, 3.05) is 13.2 Å². The lowest BCUT2D eigenvalue weighted by Crippen LogP contribution is -2.62. The normalized spacial score (nSPS) is 32.0. The van der Waals surface area contributed by atoms with Crippen molar-refractivity contribution in [2.45, 2.75) is 116 Å². The second kappa shape index (κ2) is 15.6. The number of carbonyl (C=O) groups excluding carboxylic acids is 5. The van der Waals surface area contributed by atoms with Crippen molar-refractivity contribution in [1.82, 2.24) is 10.6 Å². The Labute approximate surface area is 305 Å². The molecule has 0 spiro atoms. The van der Waals surface area contributed by atoms with E-state index in [9.17, 15) is 44.1 Å². The van der Waals surface area contributed by atoms with Gasteiger partial charge in [0.25, 0.3) is 0 Å². The Hall–Kier alpha value is -3.90. The molecule has 5 rings (SSSR count). The van der Waals surface area contributed by atoms with Crippen LogP contribution in [-0.4, -0.2) is 81.5 Å². The molecule has 0 radical (unpaired) electrons. The van der Waals surface area contributed by atoms with Crippen LogP contribution in [0.15, 0.2) is 42.0 Å². The highest BCUT2D eigenvalue weighted by Gasteiger charge is 2.68. The molecule has 0 bridgehead atoms. The zero-order chi connectivity index (χ0) is 38.0. The molecule has 0 aliphatic heterocycles. The molecule has 4 aliphatic carbocycles. The molecule has 3 fully saturated rings. The van der Waals surface area contributed by atoms with Crippen LogP contribution in [0.1, 0.15) is 103 Å². The topological polar surface area (TPSA) is 196 Å². The van der Waals surface area contributed by atoms with E-state index in [0.717, 1.165) is 24.0 Å². The zero-order valence-corrected chi connectivity index (χ0v) is 30.7. The summed E-state index contributed by atoms with van der Waals surface area (Å²) < 4.78 is 5.27. The van der Waals surface area contributed by atoms with Crippen molar-refractivity contribution in [3.05, 3.63) is 47.5 Å². The van der Waals surface area contributed by atoms with E-state index < -0.39 is 65.2 Å². The molecule has 4 aliphatic rings. The minimum atomic E-state index is -1.79. The zero-order valence-electron chi connectivity index (χ0n) is 30.7. The molecule has 2 amide bonds. The summed E-state index contributed by atoms with van der Waals surface area (Å²) in [6.07, 6.45) is 3.86. The van der Waals surface area contributed by atoms with Gasteiger partial charge >= 0.3 is 11.9 Å². The highest BCUT2D eigenvalue weighted by molar-refractivity contribution is 5.93. The predicted octanol–water partition coefficient (Wildman–Crippen LogP) is 3.63. The maximum atomic E-state index is 13.6. The smallest absolute Gasteiger partial charge is 0.306 e. The van der Waals surface area contributed by atoms with E-state index in [1.807, 2.05) is 13.0 Å². The van der Waals surface area contributed by atoms with Crippen molar-refractivity contribution in [2.24, 2.45) is 34.5 Å². The number of aliphatic hydroxyl groups excluding tert-OH is 1. The molecule has 0 heterocycles. The van der Waals surface area contributed by atoms with Gasteiger partial charge in [-0.05, 0) is 79.3 Å². The fraction of sp³-hybridized carbons (Fsp3) is 0.650. The number of fused-ring (bicyclic) bond motifs is 5. The molecular formula is C40H54N2O10. The lowest BCUT2D eigenvalue weighted by molar-refractivity contribution is -0.184. The number of ether oxygens (including phenoxy) is 1. The summed E-state index contributed by atoms with van der Waals surface area (Å²) in [5.74, 6) is -4.12. The Morgan fingerprint density at radius 1 is 1.00 bits per heavy atom. The molecule has 0 aromatic heterocycles. The summed E-state index contributed by atoms with van der Waals surface area (Å²) in [6, 6.07) is 8.04. The van der Waals surface area contributed by atoms with Crippen molar-refractivity contribution in [3.8, 4) is 0 Å². The number of carbonyl (C=O) groups is 6. The summed E-state index contributed by atoms with van der Waals surface area (Å²) in [5.41, 5.74) is -1.13. The van der Waals surface area contributed by atoms with Gasteiger partial charge in [-0.3, -0.25) is 28.8 Å². The number of aliphatic hydroxyl groups is 2. The first-order valence-corrected chi connectivity index (χ1v) is 18.7. The maximum absolute atomic E-state index is 13.6. The highest BCUT2D eigenvalue weighted by atomic mass is 16.5. The molecule has 9 atom stereocenters. The third kappa shape index (κ3) is 7.74. The first-order chi connectivity index (χ1) is 24.5. The van der Waals surface area contributed by atoms with Crippen LogP contribution in [0, 0.1) is 34.5 Å². The number of aliphatic carboxylic acids is 1. The molecule has 12 heteroatoms. The van der Waals surface area contributed by atoms with E-state index in [1.54, 1.807) is 44.2 Å². The standard InChI is InChI=1S/C40H54N2O10/c1-23(2)36(37(50)41-21-25(18-33(47)48)24-8-6-5-7-9-24)42-32(46)12-13-34(49)52-22-31(45)40(51)17-15-29-28-11-10-26-19-27(43)14-16-38(26,3)35(28)30(44)20-39(29,40)4/h5-9,19,23,25,28-30,35-36,44,51H,10-18,20-22H2,1-4H3,(H,41,50)(H,42,46)(H,47,48)/t25?,28?,29?,30?,35?,36?,38?,39?,40-/m0/s1. The van der Waals surface area contributed by atoms with Gasteiger partial charge in [0.1, 0.15) is 11.6 Å². The lowest BCUT2D eigenvalue weighted by Gasteiger charge is -2.60. The third-order valence-electron chi connectivity index (χ3n) is 12.9. The van der Waals surface area contributed by atoms with Crippen molar-refractivity contribution >= 4 is 35.3 Å². The van der Waals surface area contributed by atoms with E-state index in [-0.39, 0.29) is 73.5 Å².